The fraction of sp³-hybridized carbons (Fsp3) is 0.400. The molecule has 0 unspecified atom stereocenters. The van der Waals surface area contributed by atoms with Crippen LogP contribution in [0.15, 0.2) is 39.3 Å². The van der Waals surface area contributed by atoms with Crippen LogP contribution >= 0.6 is 15.9 Å². The van der Waals surface area contributed by atoms with Crippen molar-refractivity contribution in [3.63, 3.8) is 0 Å². The van der Waals surface area contributed by atoms with Gasteiger partial charge in [0.1, 0.15) is 0 Å². The molecule has 0 radical (unpaired) electrons. The lowest BCUT2D eigenvalue weighted by Crippen LogP contribution is -2.16. The second-order valence-electron chi connectivity index (χ2n) is 4.87. The van der Waals surface area contributed by atoms with Gasteiger partial charge in [-0.2, -0.15) is 0 Å². The van der Waals surface area contributed by atoms with Crippen LogP contribution in [0, 0.1) is 0 Å². The van der Waals surface area contributed by atoms with Crippen molar-refractivity contribution >= 4 is 15.9 Å². The summed E-state index contributed by atoms with van der Waals surface area (Å²) >= 11 is 3.49. The van der Waals surface area contributed by atoms with E-state index in [1.54, 1.807) is 0 Å². The normalized spacial score (nSPS) is 11.2. The van der Waals surface area contributed by atoms with E-state index in [0.29, 0.717) is 0 Å². The molecule has 0 aliphatic rings. The van der Waals surface area contributed by atoms with Crippen molar-refractivity contribution in [3.05, 3.63) is 51.8 Å². The second-order valence-corrected chi connectivity index (χ2v) is 5.78. The fourth-order valence-electron chi connectivity index (χ4n) is 2.04. The van der Waals surface area contributed by atoms with Crippen molar-refractivity contribution < 1.29 is 4.52 Å². The summed E-state index contributed by atoms with van der Waals surface area (Å²) < 4.78 is 6.46. The number of hydrogen-bond acceptors (Lipinski definition) is 4. The van der Waals surface area contributed by atoms with Gasteiger partial charge in [-0.05, 0) is 31.3 Å². The zero-order valence-electron chi connectivity index (χ0n) is 11.9. The van der Waals surface area contributed by atoms with Gasteiger partial charge in [-0.3, -0.25) is 4.90 Å². The summed E-state index contributed by atoms with van der Waals surface area (Å²) in [5, 5.41) is 7.29. The molecule has 1 N–H and O–H groups in total. The zero-order valence-corrected chi connectivity index (χ0v) is 13.5. The van der Waals surface area contributed by atoms with Crippen LogP contribution in [-0.4, -0.2) is 23.6 Å². The minimum atomic E-state index is 0.756. The molecule has 0 bridgehead atoms. The molecule has 0 saturated heterocycles. The Bertz CT molecular complexity index is 541. The summed E-state index contributed by atoms with van der Waals surface area (Å²) in [6.07, 6.45) is 0. The second kappa shape index (κ2) is 7.57. The molecule has 0 spiro atoms. The fourth-order valence-corrected chi connectivity index (χ4v) is 2.48. The highest BCUT2D eigenvalue weighted by molar-refractivity contribution is 9.10. The van der Waals surface area contributed by atoms with Crippen LogP contribution in [0.3, 0.4) is 0 Å². The van der Waals surface area contributed by atoms with E-state index < -0.39 is 0 Å². The SMILES string of the molecule is CCNCc1cc(CN(C)Cc2cccc(Br)c2)on1. The van der Waals surface area contributed by atoms with Crippen LogP contribution in [0.4, 0.5) is 0 Å². The van der Waals surface area contributed by atoms with Crippen LogP contribution in [-0.2, 0) is 19.6 Å². The topological polar surface area (TPSA) is 41.3 Å². The Hall–Kier alpha value is -1.17. The summed E-state index contributed by atoms with van der Waals surface area (Å²) in [5.74, 6) is 0.899. The first-order valence-electron chi connectivity index (χ1n) is 6.75. The largest absolute Gasteiger partial charge is 0.360 e. The van der Waals surface area contributed by atoms with E-state index in [1.807, 2.05) is 12.1 Å². The van der Waals surface area contributed by atoms with Gasteiger partial charge in [0.2, 0.25) is 0 Å². The quantitative estimate of drug-likeness (QED) is 0.842. The standard InChI is InChI=1S/C15H20BrN3O/c1-3-17-9-14-8-15(20-18-14)11-19(2)10-12-5-4-6-13(16)7-12/h4-8,17H,3,9-11H2,1-2H3. The summed E-state index contributed by atoms with van der Waals surface area (Å²) in [6.45, 7) is 5.40. The lowest BCUT2D eigenvalue weighted by Gasteiger charge is -2.14. The Labute approximate surface area is 128 Å². The van der Waals surface area contributed by atoms with Crippen LogP contribution < -0.4 is 5.32 Å². The van der Waals surface area contributed by atoms with E-state index >= 15 is 0 Å². The maximum atomic E-state index is 5.35. The Morgan fingerprint density at radius 1 is 1.30 bits per heavy atom. The molecule has 0 amide bonds. The van der Waals surface area contributed by atoms with Gasteiger partial charge in [0, 0.05) is 23.6 Å². The van der Waals surface area contributed by atoms with Crippen molar-refractivity contribution in [2.75, 3.05) is 13.6 Å². The lowest BCUT2D eigenvalue weighted by molar-refractivity contribution is 0.265. The average Bonchev–Trinajstić information content (AvgIpc) is 2.83. The minimum absolute atomic E-state index is 0.756. The Morgan fingerprint density at radius 2 is 2.15 bits per heavy atom. The van der Waals surface area contributed by atoms with E-state index in [2.05, 4.69) is 63.5 Å². The van der Waals surface area contributed by atoms with Crippen LogP contribution in [0.5, 0.6) is 0 Å². The molecule has 0 fully saturated rings. The Morgan fingerprint density at radius 3 is 2.90 bits per heavy atom. The Balaban J connectivity index is 1.87. The number of nitrogens with zero attached hydrogens (tertiary/aromatic N) is 2. The molecule has 2 rings (SSSR count). The number of aromatic nitrogens is 1. The molecule has 0 saturated carbocycles. The molecule has 2 aromatic rings. The minimum Gasteiger partial charge on any atom is -0.360 e. The van der Waals surface area contributed by atoms with Gasteiger partial charge < -0.3 is 9.84 Å². The molecule has 1 aromatic carbocycles. The van der Waals surface area contributed by atoms with Crippen molar-refractivity contribution in [2.45, 2.75) is 26.6 Å². The molecule has 4 nitrogen and oxygen atoms in total. The lowest BCUT2D eigenvalue weighted by atomic mass is 10.2. The van der Waals surface area contributed by atoms with Gasteiger partial charge in [-0.15, -0.1) is 0 Å². The molecule has 108 valence electrons. The first-order valence-corrected chi connectivity index (χ1v) is 7.55. The average molecular weight is 338 g/mol. The van der Waals surface area contributed by atoms with Crippen molar-refractivity contribution in [1.82, 2.24) is 15.4 Å². The maximum absolute atomic E-state index is 5.35. The predicted octanol–water partition coefficient (Wildman–Crippen LogP) is 3.18. The van der Waals surface area contributed by atoms with E-state index in [9.17, 15) is 0 Å². The van der Waals surface area contributed by atoms with Crippen molar-refractivity contribution in [2.24, 2.45) is 0 Å². The van der Waals surface area contributed by atoms with Crippen LogP contribution in [0.2, 0.25) is 0 Å². The molecular formula is C15H20BrN3O. The highest BCUT2D eigenvalue weighted by atomic mass is 79.9. The predicted molar refractivity (Wildman–Crippen MR) is 83.2 cm³/mol. The van der Waals surface area contributed by atoms with Gasteiger partial charge in [0.15, 0.2) is 5.76 Å². The maximum Gasteiger partial charge on any atom is 0.151 e. The molecule has 0 atom stereocenters. The third-order valence-corrected chi connectivity index (χ3v) is 3.42. The smallest absolute Gasteiger partial charge is 0.151 e. The van der Waals surface area contributed by atoms with Crippen LogP contribution in [0.1, 0.15) is 23.9 Å². The number of benzene rings is 1. The monoisotopic (exact) mass is 337 g/mol. The van der Waals surface area contributed by atoms with E-state index in [0.717, 1.165) is 42.1 Å². The number of halogens is 1. The van der Waals surface area contributed by atoms with Crippen molar-refractivity contribution in [3.8, 4) is 0 Å². The van der Waals surface area contributed by atoms with E-state index in [1.165, 1.54) is 5.56 Å². The van der Waals surface area contributed by atoms with Gasteiger partial charge in [0.05, 0.1) is 12.2 Å². The molecule has 0 aliphatic carbocycles. The summed E-state index contributed by atoms with van der Waals surface area (Å²) in [5.41, 5.74) is 2.23. The Kier molecular flexibility index (Phi) is 5.76. The molecule has 1 aromatic heterocycles. The van der Waals surface area contributed by atoms with E-state index in [4.69, 9.17) is 4.52 Å². The van der Waals surface area contributed by atoms with Gasteiger partial charge in [0.25, 0.3) is 0 Å². The summed E-state index contributed by atoms with van der Waals surface area (Å²) in [4.78, 5) is 2.21. The number of rotatable bonds is 7. The molecule has 5 heteroatoms. The summed E-state index contributed by atoms with van der Waals surface area (Å²) in [6, 6.07) is 10.4. The first kappa shape index (κ1) is 15.2. The third-order valence-electron chi connectivity index (χ3n) is 2.93. The molecule has 0 aliphatic heterocycles. The molecule has 1 heterocycles. The highest BCUT2D eigenvalue weighted by Gasteiger charge is 2.08. The van der Waals surface area contributed by atoms with Gasteiger partial charge in [-0.1, -0.05) is 40.1 Å². The van der Waals surface area contributed by atoms with Crippen molar-refractivity contribution in [1.29, 1.82) is 0 Å². The zero-order chi connectivity index (χ0) is 14.4. The summed E-state index contributed by atoms with van der Waals surface area (Å²) in [7, 11) is 2.08. The number of nitrogens with one attached hydrogen (secondary N) is 1. The highest BCUT2D eigenvalue weighted by Crippen LogP contribution is 2.14. The first-order chi connectivity index (χ1) is 9.67. The van der Waals surface area contributed by atoms with Gasteiger partial charge >= 0.3 is 0 Å². The van der Waals surface area contributed by atoms with Gasteiger partial charge in [-0.25, -0.2) is 0 Å². The molecular weight excluding hydrogens is 318 g/mol. The van der Waals surface area contributed by atoms with E-state index in [-0.39, 0.29) is 0 Å². The third kappa shape index (κ3) is 4.74. The number of hydrogen-bond donors (Lipinski definition) is 1. The molecule has 20 heavy (non-hydrogen) atoms. The van der Waals surface area contributed by atoms with Crippen LogP contribution in [0.25, 0.3) is 0 Å².